The van der Waals surface area contributed by atoms with Crippen LogP contribution in [0.1, 0.15) is 38.5 Å². The van der Waals surface area contributed by atoms with Crippen molar-refractivity contribution in [3.63, 3.8) is 0 Å². The normalized spacial score (nSPS) is 20.6. The molecule has 6 heteroatoms. The molecule has 0 amide bonds. The van der Waals surface area contributed by atoms with Crippen LogP contribution in [0.4, 0.5) is 0 Å². The maximum Gasteiger partial charge on any atom is 0.404 e. The lowest BCUT2D eigenvalue weighted by Crippen LogP contribution is -2.35. The Labute approximate surface area is 93.4 Å². The smallest absolute Gasteiger partial charge is 0.215 e. The van der Waals surface area contributed by atoms with Gasteiger partial charge in [-0.3, -0.25) is 0 Å². The standard InChI is InChI=1S/C8H15BrO4S/c9-7-5-3-1-2-4-6-8-12-14(10,11)13-8/h8H,1-7H2. The van der Waals surface area contributed by atoms with Gasteiger partial charge in [-0.25, -0.2) is 8.37 Å². The number of hydrogen-bond donors (Lipinski definition) is 0. The Morgan fingerprint density at radius 2 is 1.57 bits per heavy atom. The molecule has 0 aromatic rings. The number of halogens is 1. The Kier molecular flexibility index (Phi) is 5.36. The van der Waals surface area contributed by atoms with Gasteiger partial charge in [0.05, 0.1) is 0 Å². The summed E-state index contributed by atoms with van der Waals surface area (Å²) in [4.78, 5) is 0. The first-order chi connectivity index (χ1) is 6.64. The number of unbranched alkanes of at least 4 members (excludes halogenated alkanes) is 4. The minimum Gasteiger partial charge on any atom is -0.215 e. The van der Waals surface area contributed by atoms with Crippen molar-refractivity contribution in [2.45, 2.75) is 44.8 Å². The second-order valence-corrected chi connectivity index (χ2v) is 5.27. The Morgan fingerprint density at radius 3 is 2.14 bits per heavy atom. The first-order valence-electron chi connectivity index (χ1n) is 4.81. The molecule has 0 saturated carbocycles. The average Bonchev–Trinajstić information content (AvgIpc) is 2.07. The van der Waals surface area contributed by atoms with E-state index in [1.165, 1.54) is 19.3 Å². The van der Waals surface area contributed by atoms with Crippen molar-refractivity contribution in [1.82, 2.24) is 0 Å². The minimum absolute atomic E-state index is 0.517. The molecule has 14 heavy (non-hydrogen) atoms. The fourth-order valence-electron chi connectivity index (χ4n) is 1.30. The van der Waals surface area contributed by atoms with Gasteiger partial charge in [-0.15, -0.1) is 0 Å². The quantitative estimate of drug-likeness (QED) is 0.532. The summed E-state index contributed by atoms with van der Waals surface area (Å²) in [6, 6.07) is 0. The molecule has 0 aromatic carbocycles. The molecule has 1 aliphatic heterocycles. The highest BCUT2D eigenvalue weighted by Crippen LogP contribution is 2.23. The van der Waals surface area contributed by atoms with Gasteiger partial charge in [0.1, 0.15) is 0 Å². The van der Waals surface area contributed by atoms with Crippen LogP contribution in [0.2, 0.25) is 0 Å². The van der Waals surface area contributed by atoms with E-state index in [4.69, 9.17) is 0 Å². The van der Waals surface area contributed by atoms with E-state index in [2.05, 4.69) is 24.3 Å². The zero-order valence-corrected chi connectivity index (χ0v) is 10.3. The zero-order valence-electron chi connectivity index (χ0n) is 7.95. The van der Waals surface area contributed by atoms with Gasteiger partial charge in [-0.2, -0.15) is 8.42 Å². The van der Waals surface area contributed by atoms with Gasteiger partial charge >= 0.3 is 10.4 Å². The van der Waals surface area contributed by atoms with Crippen LogP contribution in [-0.4, -0.2) is 20.0 Å². The van der Waals surface area contributed by atoms with E-state index in [1.54, 1.807) is 0 Å². The van der Waals surface area contributed by atoms with Crippen molar-refractivity contribution < 1.29 is 16.8 Å². The molecule has 0 unspecified atom stereocenters. The molecule has 0 aromatic heterocycles. The second-order valence-electron chi connectivity index (χ2n) is 3.28. The summed E-state index contributed by atoms with van der Waals surface area (Å²) in [5.74, 6) is 0. The lowest BCUT2D eigenvalue weighted by molar-refractivity contribution is -0.0842. The van der Waals surface area contributed by atoms with E-state index in [-0.39, 0.29) is 0 Å². The predicted molar refractivity (Wildman–Crippen MR) is 56.4 cm³/mol. The van der Waals surface area contributed by atoms with Gasteiger partial charge in [0, 0.05) is 11.8 Å². The Balaban J connectivity index is 1.86. The highest BCUT2D eigenvalue weighted by Gasteiger charge is 2.35. The molecule has 1 saturated heterocycles. The summed E-state index contributed by atoms with van der Waals surface area (Å²) in [6.07, 6.45) is 5.83. The molecule has 1 heterocycles. The van der Waals surface area contributed by atoms with Crippen LogP contribution in [0.25, 0.3) is 0 Å². The van der Waals surface area contributed by atoms with E-state index in [9.17, 15) is 8.42 Å². The number of alkyl halides is 1. The van der Waals surface area contributed by atoms with Crippen LogP contribution in [0.5, 0.6) is 0 Å². The van der Waals surface area contributed by atoms with Gasteiger partial charge in [-0.1, -0.05) is 35.2 Å². The molecule has 1 aliphatic rings. The van der Waals surface area contributed by atoms with Crippen LogP contribution in [0.15, 0.2) is 0 Å². The Morgan fingerprint density at radius 1 is 1.00 bits per heavy atom. The van der Waals surface area contributed by atoms with Crippen LogP contribution < -0.4 is 0 Å². The maximum absolute atomic E-state index is 10.4. The molecular weight excluding hydrogens is 272 g/mol. The molecule has 0 aliphatic carbocycles. The van der Waals surface area contributed by atoms with Gasteiger partial charge in [-0.05, 0) is 12.8 Å². The first-order valence-corrected chi connectivity index (χ1v) is 7.27. The molecule has 0 bridgehead atoms. The average molecular weight is 287 g/mol. The third kappa shape index (κ3) is 4.72. The molecule has 4 nitrogen and oxygen atoms in total. The molecule has 1 fully saturated rings. The van der Waals surface area contributed by atoms with Crippen molar-refractivity contribution in [1.29, 1.82) is 0 Å². The summed E-state index contributed by atoms with van der Waals surface area (Å²) in [7, 11) is -3.59. The highest BCUT2D eigenvalue weighted by molar-refractivity contribution is 9.09. The van der Waals surface area contributed by atoms with Crippen molar-refractivity contribution >= 4 is 26.3 Å². The maximum atomic E-state index is 10.4. The molecule has 0 atom stereocenters. The van der Waals surface area contributed by atoms with Crippen LogP contribution in [-0.2, 0) is 18.8 Å². The molecule has 84 valence electrons. The van der Waals surface area contributed by atoms with Crippen molar-refractivity contribution in [3.8, 4) is 0 Å². The summed E-state index contributed by atoms with van der Waals surface area (Å²) >= 11 is 3.37. The van der Waals surface area contributed by atoms with Crippen molar-refractivity contribution in [2.24, 2.45) is 0 Å². The molecule has 0 N–H and O–H groups in total. The highest BCUT2D eigenvalue weighted by atomic mass is 79.9. The van der Waals surface area contributed by atoms with Gasteiger partial charge in [0.25, 0.3) is 0 Å². The topological polar surface area (TPSA) is 52.6 Å². The summed E-state index contributed by atoms with van der Waals surface area (Å²) < 4.78 is 29.8. The van der Waals surface area contributed by atoms with E-state index < -0.39 is 16.7 Å². The van der Waals surface area contributed by atoms with E-state index in [1.807, 2.05) is 0 Å². The summed E-state index contributed by atoms with van der Waals surface area (Å²) in [5, 5.41) is 1.06. The van der Waals surface area contributed by atoms with Gasteiger partial charge < -0.3 is 0 Å². The minimum atomic E-state index is -3.59. The molecule has 0 radical (unpaired) electrons. The monoisotopic (exact) mass is 286 g/mol. The summed E-state index contributed by atoms with van der Waals surface area (Å²) in [5.41, 5.74) is 0. The molecular formula is C8H15BrO4S. The largest absolute Gasteiger partial charge is 0.404 e. The van der Waals surface area contributed by atoms with Crippen molar-refractivity contribution in [2.75, 3.05) is 5.33 Å². The number of hydrogen-bond acceptors (Lipinski definition) is 4. The van der Waals surface area contributed by atoms with E-state index in [0.29, 0.717) is 6.42 Å². The lowest BCUT2D eigenvalue weighted by atomic mass is 10.1. The Bertz CT molecular complexity index is 240. The fraction of sp³-hybridized carbons (Fsp3) is 1.00. The third-order valence-corrected chi connectivity index (χ3v) is 3.49. The van der Waals surface area contributed by atoms with E-state index >= 15 is 0 Å². The number of rotatable bonds is 7. The van der Waals surface area contributed by atoms with E-state index in [0.717, 1.165) is 18.2 Å². The molecule has 0 spiro atoms. The van der Waals surface area contributed by atoms with Gasteiger partial charge in [0.15, 0.2) is 6.29 Å². The zero-order chi connectivity index (χ0) is 10.4. The SMILES string of the molecule is O=S1(=O)OC(CCCCCCCBr)O1. The third-order valence-electron chi connectivity index (χ3n) is 2.02. The predicted octanol–water partition coefficient (Wildman–Crippen LogP) is 2.34. The fourth-order valence-corrected chi connectivity index (χ4v) is 2.43. The summed E-state index contributed by atoms with van der Waals surface area (Å²) in [6.45, 7) is 0. The van der Waals surface area contributed by atoms with Crippen LogP contribution in [0.3, 0.4) is 0 Å². The van der Waals surface area contributed by atoms with Crippen molar-refractivity contribution in [3.05, 3.63) is 0 Å². The van der Waals surface area contributed by atoms with Crippen LogP contribution in [0, 0.1) is 0 Å². The van der Waals surface area contributed by atoms with Crippen LogP contribution >= 0.6 is 15.9 Å². The lowest BCUT2D eigenvalue weighted by Gasteiger charge is -2.24. The second kappa shape index (κ2) is 6.05. The van der Waals surface area contributed by atoms with Gasteiger partial charge in [0.2, 0.25) is 0 Å². The molecule has 1 rings (SSSR count). The Hall–Kier alpha value is 0.350. The first kappa shape index (κ1) is 12.4.